The molecule has 1 aromatic heterocycles. The van der Waals surface area contributed by atoms with E-state index in [2.05, 4.69) is 21.0 Å². The zero-order valence-corrected chi connectivity index (χ0v) is 20.1. The fourth-order valence-electron chi connectivity index (χ4n) is 3.45. The molecule has 1 heterocycles. The number of carbonyl (C=O) groups excluding carboxylic acids is 3. The summed E-state index contributed by atoms with van der Waals surface area (Å²) in [6, 6.07) is 15.2. The van der Waals surface area contributed by atoms with Gasteiger partial charge < -0.3 is 16.0 Å². The van der Waals surface area contributed by atoms with Gasteiger partial charge in [-0.2, -0.15) is 5.10 Å². The van der Waals surface area contributed by atoms with Crippen molar-refractivity contribution in [1.29, 1.82) is 0 Å². The van der Waals surface area contributed by atoms with Gasteiger partial charge in [0.15, 0.2) is 0 Å². The molecule has 3 rings (SSSR count). The fraction of sp³-hybridized carbons (Fsp3) is 0.280. The van der Waals surface area contributed by atoms with E-state index in [0.29, 0.717) is 34.9 Å². The second-order valence-corrected chi connectivity index (χ2v) is 8.41. The number of amides is 3. The van der Waals surface area contributed by atoms with Gasteiger partial charge in [-0.3, -0.25) is 19.1 Å². The molecule has 0 aliphatic rings. The Morgan fingerprint density at radius 3 is 2.41 bits per heavy atom. The summed E-state index contributed by atoms with van der Waals surface area (Å²) in [5, 5.41) is 13.0. The highest BCUT2D eigenvalue weighted by Crippen LogP contribution is 2.26. The smallest absolute Gasteiger partial charge is 0.251 e. The van der Waals surface area contributed by atoms with E-state index in [0.717, 1.165) is 11.4 Å². The highest BCUT2D eigenvalue weighted by Gasteiger charge is 2.19. The molecule has 8 nitrogen and oxygen atoms in total. The molecule has 9 heteroatoms. The first-order chi connectivity index (χ1) is 16.2. The number of anilines is 2. The number of aromatic nitrogens is 2. The molecular weight excluding hydrogens is 454 g/mol. The lowest BCUT2D eigenvalue weighted by molar-refractivity contribution is -0.119. The van der Waals surface area contributed by atoms with E-state index >= 15 is 0 Å². The number of carbonyl (C=O) groups is 3. The molecule has 1 atom stereocenters. The fourth-order valence-corrected chi connectivity index (χ4v) is 3.67. The number of benzene rings is 2. The highest BCUT2D eigenvalue weighted by atomic mass is 35.5. The number of nitrogens with zero attached hydrogens (tertiary/aromatic N) is 2. The maximum Gasteiger partial charge on any atom is 0.251 e. The van der Waals surface area contributed by atoms with Gasteiger partial charge in [0.05, 0.1) is 16.4 Å². The first-order valence-electron chi connectivity index (χ1n) is 11.0. The van der Waals surface area contributed by atoms with Crippen LogP contribution in [0.25, 0.3) is 0 Å². The molecule has 3 aromatic rings. The summed E-state index contributed by atoms with van der Waals surface area (Å²) in [6.07, 6.45) is 0.738. The quantitative estimate of drug-likeness (QED) is 0.391. The molecule has 178 valence electrons. The number of rotatable bonds is 9. The molecule has 0 spiro atoms. The maximum atomic E-state index is 12.6. The van der Waals surface area contributed by atoms with Gasteiger partial charge in [0, 0.05) is 29.9 Å². The average Bonchev–Trinajstić information content (AvgIpc) is 3.16. The Morgan fingerprint density at radius 1 is 1.03 bits per heavy atom. The summed E-state index contributed by atoms with van der Waals surface area (Å²) < 4.78 is 1.66. The van der Waals surface area contributed by atoms with Gasteiger partial charge in [-0.25, -0.2) is 0 Å². The number of hydrogen-bond acceptors (Lipinski definition) is 4. The monoisotopic (exact) mass is 481 g/mol. The molecule has 1 unspecified atom stereocenters. The lowest BCUT2D eigenvalue weighted by atomic mass is 10.2. The van der Waals surface area contributed by atoms with E-state index in [9.17, 15) is 14.4 Å². The van der Waals surface area contributed by atoms with Crippen LogP contribution in [0.4, 0.5) is 11.4 Å². The molecule has 3 amide bonds. The Labute approximate surface area is 203 Å². The van der Waals surface area contributed by atoms with Crippen molar-refractivity contribution >= 4 is 40.7 Å². The van der Waals surface area contributed by atoms with Crippen molar-refractivity contribution in [3.05, 3.63) is 76.6 Å². The van der Waals surface area contributed by atoms with Crippen molar-refractivity contribution in [1.82, 2.24) is 15.1 Å². The number of hydrogen-bond donors (Lipinski definition) is 3. The normalized spacial score (nSPS) is 11.5. The third kappa shape index (κ3) is 6.68. The van der Waals surface area contributed by atoms with Crippen molar-refractivity contribution in [2.45, 2.75) is 39.7 Å². The molecule has 0 aliphatic carbocycles. The van der Waals surface area contributed by atoms with Crippen molar-refractivity contribution in [3.63, 3.8) is 0 Å². The second-order valence-electron chi connectivity index (χ2n) is 8.01. The number of aryl methyl sites for hydroxylation is 2. The molecule has 2 aromatic carbocycles. The summed E-state index contributed by atoms with van der Waals surface area (Å²) >= 11 is 6.33. The summed E-state index contributed by atoms with van der Waals surface area (Å²) in [7, 11) is 0. The van der Waals surface area contributed by atoms with Crippen LogP contribution in [-0.4, -0.2) is 34.0 Å². The topological polar surface area (TPSA) is 105 Å². The molecule has 0 saturated carbocycles. The minimum atomic E-state index is -0.508. The Kier molecular flexibility index (Phi) is 8.43. The zero-order valence-electron chi connectivity index (χ0n) is 19.4. The molecule has 0 aliphatic heterocycles. The van der Waals surface area contributed by atoms with Gasteiger partial charge in [0.2, 0.25) is 11.8 Å². The van der Waals surface area contributed by atoms with Gasteiger partial charge in [-0.1, -0.05) is 29.8 Å². The molecule has 0 radical (unpaired) electrons. The predicted molar refractivity (Wildman–Crippen MR) is 133 cm³/mol. The van der Waals surface area contributed by atoms with E-state index in [4.69, 9.17) is 11.6 Å². The maximum absolute atomic E-state index is 12.6. The molecule has 3 N–H and O–H groups in total. The van der Waals surface area contributed by atoms with E-state index in [1.54, 1.807) is 54.1 Å². The first-order valence-corrected chi connectivity index (χ1v) is 11.4. The SMILES string of the molecule is Cc1cc(C)n(C(C)C(=O)Nc2ccc(NC(=O)CCCNC(=O)c3ccccc3)cc2Cl)n1. The minimum absolute atomic E-state index is 0.169. The number of halogens is 1. The van der Waals surface area contributed by atoms with Crippen molar-refractivity contribution < 1.29 is 14.4 Å². The Balaban J connectivity index is 1.46. The molecule has 0 bridgehead atoms. The van der Waals surface area contributed by atoms with E-state index in [1.807, 2.05) is 26.0 Å². The van der Waals surface area contributed by atoms with Crippen LogP contribution in [0.2, 0.25) is 5.02 Å². The molecule has 34 heavy (non-hydrogen) atoms. The Morgan fingerprint density at radius 2 is 1.76 bits per heavy atom. The van der Waals surface area contributed by atoms with Crippen LogP contribution in [0.15, 0.2) is 54.6 Å². The van der Waals surface area contributed by atoms with Crippen LogP contribution in [-0.2, 0) is 9.59 Å². The van der Waals surface area contributed by atoms with Gasteiger partial charge >= 0.3 is 0 Å². The van der Waals surface area contributed by atoms with Crippen molar-refractivity contribution in [2.75, 3.05) is 17.2 Å². The predicted octanol–water partition coefficient (Wildman–Crippen LogP) is 4.50. The van der Waals surface area contributed by atoms with E-state index in [-0.39, 0.29) is 24.1 Å². The lowest BCUT2D eigenvalue weighted by Gasteiger charge is -2.16. The van der Waals surface area contributed by atoms with Crippen LogP contribution >= 0.6 is 11.6 Å². The summed E-state index contributed by atoms with van der Waals surface area (Å²) in [5.74, 6) is -0.611. The van der Waals surface area contributed by atoms with Crippen LogP contribution in [0.1, 0.15) is 47.6 Å². The highest BCUT2D eigenvalue weighted by molar-refractivity contribution is 6.34. The van der Waals surface area contributed by atoms with Crippen molar-refractivity contribution in [3.8, 4) is 0 Å². The lowest BCUT2D eigenvalue weighted by Crippen LogP contribution is -2.25. The third-order valence-electron chi connectivity index (χ3n) is 5.20. The first kappa shape index (κ1) is 25.0. The van der Waals surface area contributed by atoms with E-state index < -0.39 is 6.04 Å². The van der Waals surface area contributed by atoms with Gasteiger partial charge in [-0.05, 0) is 63.6 Å². The number of nitrogens with one attached hydrogen (secondary N) is 3. The van der Waals surface area contributed by atoms with Gasteiger partial charge in [0.1, 0.15) is 6.04 Å². The zero-order chi connectivity index (χ0) is 24.7. The third-order valence-corrected chi connectivity index (χ3v) is 5.52. The van der Waals surface area contributed by atoms with Gasteiger partial charge in [0.25, 0.3) is 5.91 Å². The second kappa shape index (κ2) is 11.5. The van der Waals surface area contributed by atoms with Crippen LogP contribution in [0.5, 0.6) is 0 Å². The van der Waals surface area contributed by atoms with Gasteiger partial charge in [-0.15, -0.1) is 0 Å². The molecule has 0 fully saturated rings. The largest absolute Gasteiger partial charge is 0.352 e. The minimum Gasteiger partial charge on any atom is -0.352 e. The Hall–Kier alpha value is -3.65. The van der Waals surface area contributed by atoms with Crippen molar-refractivity contribution in [2.24, 2.45) is 0 Å². The summed E-state index contributed by atoms with van der Waals surface area (Å²) in [6.45, 7) is 5.92. The summed E-state index contributed by atoms with van der Waals surface area (Å²) in [5.41, 5.74) is 3.28. The molecular formula is C25H28ClN5O3. The Bertz CT molecular complexity index is 1180. The summed E-state index contributed by atoms with van der Waals surface area (Å²) in [4.78, 5) is 36.9. The van der Waals surface area contributed by atoms with Crippen LogP contribution < -0.4 is 16.0 Å². The van der Waals surface area contributed by atoms with Crippen LogP contribution in [0, 0.1) is 13.8 Å². The van der Waals surface area contributed by atoms with E-state index in [1.165, 1.54) is 0 Å². The average molecular weight is 482 g/mol. The standard InChI is InChI=1S/C25H28ClN5O3/c1-16-14-17(2)31(30-16)18(3)24(33)29-22-12-11-20(15-21(22)26)28-23(32)10-7-13-27-25(34)19-8-5-4-6-9-19/h4-6,8-9,11-12,14-15,18H,7,10,13H2,1-3H3,(H,27,34)(H,28,32)(H,29,33). The molecule has 0 saturated heterocycles. The van der Waals surface area contributed by atoms with Crippen LogP contribution in [0.3, 0.4) is 0 Å².